The minimum absolute atomic E-state index is 0.550. The summed E-state index contributed by atoms with van der Waals surface area (Å²) in [6.45, 7) is 3.98. The second-order valence-corrected chi connectivity index (χ2v) is 7.97. The Morgan fingerprint density at radius 3 is 2.17 bits per heavy atom. The van der Waals surface area contributed by atoms with E-state index in [4.69, 9.17) is 0 Å². The predicted octanol–water partition coefficient (Wildman–Crippen LogP) is 2.25. The van der Waals surface area contributed by atoms with E-state index in [9.17, 15) is 0 Å². The lowest BCUT2D eigenvalue weighted by Crippen LogP contribution is -2.72. The van der Waals surface area contributed by atoms with Crippen LogP contribution in [-0.4, -0.2) is 36.1 Å². The van der Waals surface area contributed by atoms with Gasteiger partial charge in [-0.05, 0) is 68.6 Å². The lowest BCUT2D eigenvalue weighted by atomic mass is 9.48. The van der Waals surface area contributed by atoms with E-state index in [1.165, 1.54) is 32.5 Å². The normalized spacial score (nSPS) is 55.3. The molecule has 1 heterocycles. The lowest BCUT2D eigenvalue weighted by Gasteiger charge is -2.64. The van der Waals surface area contributed by atoms with Gasteiger partial charge in [0.25, 0.3) is 0 Å². The number of hydrogen-bond donors (Lipinski definition) is 1. The van der Waals surface area contributed by atoms with E-state index < -0.39 is 0 Å². The number of nitrogens with zero attached hydrogens (tertiary/aromatic N) is 1. The first-order chi connectivity index (χ1) is 8.83. The highest BCUT2D eigenvalue weighted by atomic mass is 15.3. The van der Waals surface area contributed by atoms with E-state index in [0.29, 0.717) is 5.54 Å². The van der Waals surface area contributed by atoms with Crippen molar-refractivity contribution in [2.75, 3.05) is 19.6 Å². The predicted molar refractivity (Wildman–Crippen MR) is 72.4 cm³/mol. The molecule has 5 saturated carbocycles. The third kappa shape index (κ3) is 1.37. The van der Waals surface area contributed by atoms with Crippen LogP contribution in [-0.2, 0) is 0 Å². The molecule has 0 aromatic rings. The van der Waals surface area contributed by atoms with Crippen LogP contribution in [0.3, 0.4) is 0 Å². The van der Waals surface area contributed by atoms with Crippen molar-refractivity contribution < 1.29 is 0 Å². The van der Waals surface area contributed by atoms with Gasteiger partial charge in [-0.25, -0.2) is 0 Å². The molecule has 0 aromatic carbocycles. The van der Waals surface area contributed by atoms with Gasteiger partial charge in [-0.1, -0.05) is 0 Å². The van der Waals surface area contributed by atoms with Gasteiger partial charge in [0.15, 0.2) is 0 Å². The fraction of sp³-hybridized carbons (Fsp3) is 1.00. The summed E-state index contributed by atoms with van der Waals surface area (Å²) in [7, 11) is 0. The molecule has 0 amide bonds. The van der Waals surface area contributed by atoms with Crippen LogP contribution in [0, 0.1) is 23.7 Å². The van der Waals surface area contributed by atoms with Gasteiger partial charge < -0.3 is 5.32 Å². The van der Waals surface area contributed by atoms with Crippen molar-refractivity contribution in [3.63, 3.8) is 0 Å². The summed E-state index contributed by atoms with van der Waals surface area (Å²) >= 11 is 0. The maximum atomic E-state index is 4.05. The Morgan fingerprint density at radius 2 is 1.56 bits per heavy atom. The molecular formula is C16H26N2. The van der Waals surface area contributed by atoms with Crippen LogP contribution in [0.15, 0.2) is 0 Å². The van der Waals surface area contributed by atoms with Crippen LogP contribution in [0.1, 0.15) is 44.9 Å². The molecule has 6 rings (SSSR count). The molecule has 4 bridgehead atoms. The van der Waals surface area contributed by atoms with Gasteiger partial charge in [0.1, 0.15) is 0 Å². The number of nitrogens with one attached hydrogen (secondary N) is 1. The van der Waals surface area contributed by atoms with Crippen LogP contribution < -0.4 is 5.32 Å². The summed E-state index contributed by atoms with van der Waals surface area (Å²) < 4.78 is 0. The molecule has 1 aliphatic heterocycles. The quantitative estimate of drug-likeness (QED) is 0.763. The maximum absolute atomic E-state index is 4.05. The van der Waals surface area contributed by atoms with Crippen molar-refractivity contribution in [1.29, 1.82) is 0 Å². The van der Waals surface area contributed by atoms with Crippen molar-refractivity contribution in [1.82, 2.24) is 10.2 Å². The molecule has 1 saturated heterocycles. The number of rotatable bonds is 1. The zero-order valence-corrected chi connectivity index (χ0v) is 11.4. The summed E-state index contributed by atoms with van der Waals surface area (Å²) in [6, 6.07) is 0.973. The zero-order valence-electron chi connectivity index (χ0n) is 11.4. The molecule has 2 nitrogen and oxygen atoms in total. The zero-order chi connectivity index (χ0) is 11.7. The SMILES string of the molecule is C1CN(C2CC2)CC2(N1)C1CC3CC(C1)CC2C3. The first-order valence-electron chi connectivity index (χ1n) is 8.32. The molecule has 1 N–H and O–H groups in total. The topological polar surface area (TPSA) is 15.3 Å². The second kappa shape index (κ2) is 3.52. The molecule has 5 aliphatic carbocycles. The lowest BCUT2D eigenvalue weighted by molar-refractivity contribution is -0.0991. The summed E-state index contributed by atoms with van der Waals surface area (Å²) in [5, 5.41) is 4.05. The van der Waals surface area contributed by atoms with E-state index >= 15 is 0 Å². The first kappa shape index (κ1) is 10.7. The Hall–Kier alpha value is -0.0800. The van der Waals surface area contributed by atoms with Crippen LogP contribution in [0.25, 0.3) is 0 Å². The Labute approximate surface area is 110 Å². The number of piperazine rings is 1. The molecule has 18 heavy (non-hydrogen) atoms. The van der Waals surface area contributed by atoms with Gasteiger partial charge in [-0.2, -0.15) is 0 Å². The third-order valence-corrected chi connectivity index (χ3v) is 6.98. The van der Waals surface area contributed by atoms with Gasteiger partial charge >= 0.3 is 0 Å². The van der Waals surface area contributed by atoms with Gasteiger partial charge in [-0.15, -0.1) is 0 Å². The van der Waals surface area contributed by atoms with Crippen molar-refractivity contribution in [3.05, 3.63) is 0 Å². The molecule has 0 unspecified atom stereocenters. The Balaban J connectivity index is 1.46. The molecule has 100 valence electrons. The molecule has 0 atom stereocenters. The fourth-order valence-electron chi connectivity index (χ4n) is 6.23. The Bertz CT molecular complexity index is 332. The highest BCUT2D eigenvalue weighted by Gasteiger charge is 2.58. The average Bonchev–Trinajstić information content (AvgIpc) is 3.20. The molecule has 0 radical (unpaired) electrons. The van der Waals surface area contributed by atoms with Crippen LogP contribution in [0.5, 0.6) is 0 Å². The highest BCUT2D eigenvalue weighted by Crippen LogP contribution is 2.59. The summed E-state index contributed by atoms with van der Waals surface area (Å²) in [5.74, 6) is 4.26. The molecule has 1 spiro atoms. The van der Waals surface area contributed by atoms with Crippen LogP contribution >= 0.6 is 0 Å². The first-order valence-corrected chi connectivity index (χ1v) is 8.32. The average molecular weight is 246 g/mol. The molecule has 6 aliphatic rings. The fourth-order valence-corrected chi connectivity index (χ4v) is 6.23. The molecular weight excluding hydrogens is 220 g/mol. The van der Waals surface area contributed by atoms with Crippen LogP contribution in [0.4, 0.5) is 0 Å². The summed E-state index contributed by atoms with van der Waals surface area (Å²) in [6.07, 6.45) is 10.8. The monoisotopic (exact) mass is 246 g/mol. The standard InChI is InChI=1S/C16H26N2/c1-2-15(1)18-4-3-17-16(10-18)13-6-11-5-12(8-13)9-14(16)7-11/h11-15,17H,1-10H2. The van der Waals surface area contributed by atoms with Crippen molar-refractivity contribution in [2.45, 2.75) is 56.5 Å². The Morgan fingerprint density at radius 1 is 0.889 bits per heavy atom. The van der Waals surface area contributed by atoms with E-state index in [1.807, 2.05) is 0 Å². The van der Waals surface area contributed by atoms with Gasteiger partial charge in [-0.3, -0.25) is 4.90 Å². The smallest absolute Gasteiger partial charge is 0.0366 e. The largest absolute Gasteiger partial charge is 0.308 e. The molecule has 6 fully saturated rings. The van der Waals surface area contributed by atoms with Gasteiger partial charge in [0.05, 0.1) is 0 Å². The van der Waals surface area contributed by atoms with E-state index in [-0.39, 0.29) is 0 Å². The van der Waals surface area contributed by atoms with Crippen molar-refractivity contribution in [3.8, 4) is 0 Å². The van der Waals surface area contributed by atoms with Crippen molar-refractivity contribution in [2.24, 2.45) is 23.7 Å². The molecule has 2 heteroatoms. The Kier molecular flexibility index (Phi) is 2.09. The summed E-state index contributed by atoms with van der Waals surface area (Å²) in [4.78, 5) is 2.85. The minimum atomic E-state index is 0.550. The van der Waals surface area contributed by atoms with E-state index in [0.717, 1.165) is 29.7 Å². The molecule has 0 aromatic heterocycles. The van der Waals surface area contributed by atoms with Crippen molar-refractivity contribution >= 4 is 0 Å². The van der Waals surface area contributed by atoms with Gasteiger partial charge in [0, 0.05) is 31.2 Å². The van der Waals surface area contributed by atoms with E-state index in [2.05, 4.69) is 10.2 Å². The summed E-state index contributed by atoms with van der Waals surface area (Å²) in [5.41, 5.74) is 0.550. The van der Waals surface area contributed by atoms with Gasteiger partial charge in [0.2, 0.25) is 0 Å². The van der Waals surface area contributed by atoms with E-state index in [1.54, 1.807) is 32.1 Å². The van der Waals surface area contributed by atoms with Crippen LogP contribution in [0.2, 0.25) is 0 Å². The second-order valence-electron chi connectivity index (χ2n) is 7.97. The minimum Gasteiger partial charge on any atom is -0.308 e. The number of hydrogen-bond acceptors (Lipinski definition) is 2. The third-order valence-electron chi connectivity index (χ3n) is 6.98. The highest BCUT2D eigenvalue weighted by molar-refractivity contribution is 5.14. The maximum Gasteiger partial charge on any atom is 0.0366 e.